The van der Waals surface area contributed by atoms with Gasteiger partial charge in [-0.25, -0.2) is 4.98 Å². The van der Waals surface area contributed by atoms with Crippen molar-refractivity contribution < 1.29 is 4.79 Å². The van der Waals surface area contributed by atoms with Gasteiger partial charge in [-0.05, 0) is 12.1 Å². The first kappa shape index (κ1) is 11.5. The maximum Gasteiger partial charge on any atom is 0.163 e. The molecule has 0 bridgehead atoms. The Morgan fingerprint density at radius 3 is 3.00 bits per heavy atom. The molecule has 0 N–H and O–H groups in total. The van der Waals surface area contributed by atoms with Crippen molar-refractivity contribution in [3.8, 4) is 0 Å². The van der Waals surface area contributed by atoms with Gasteiger partial charge in [0.05, 0.1) is 5.01 Å². The molecule has 16 heavy (non-hydrogen) atoms. The summed E-state index contributed by atoms with van der Waals surface area (Å²) in [6, 6.07) is 7.48. The summed E-state index contributed by atoms with van der Waals surface area (Å²) < 4.78 is 0.938. The van der Waals surface area contributed by atoms with Crippen LogP contribution in [0.5, 0.6) is 0 Å². The van der Waals surface area contributed by atoms with E-state index >= 15 is 0 Å². The highest BCUT2D eigenvalue weighted by Crippen LogP contribution is 2.15. The number of hydrogen-bond acceptors (Lipinski definition) is 3. The van der Waals surface area contributed by atoms with Crippen molar-refractivity contribution >= 4 is 33.0 Å². The molecule has 0 aliphatic carbocycles. The van der Waals surface area contributed by atoms with Crippen LogP contribution in [0, 0.1) is 0 Å². The predicted molar refractivity (Wildman–Crippen MR) is 68.9 cm³/mol. The molecular formula is C12H10BrNOS. The molecule has 0 amide bonds. The van der Waals surface area contributed by atoms with Crippen LogP contribution in [-0.4, -0.2) is 10.8 Å². The number of halogens is 1. The Hall–Kier alpha value is -1.00. The van der Waals surface area contributed by atoms with Crippen LogP contribution in [0.2, 0.25) is 0 Å². The molecule has 0 spiro atoms. The van der Waals surface area contributed by atoms with Gasteiger partial charge in [-0.1, -0.05) is 28.1 Å². The van der Waals surface area contributed by atoms with Crippen molar-refractivity contribution in [3.05, 3.63) is 50.9 Å². The molecule has 82 valence electrons. The van der Waals surface area contributed by atoms with E-state index in [1.165, 1.54) is 0 Å². The lowest BCUT2D eigenvalue weighted by Crippen LogP contribution is -2.00. The Morgan fingerprint density at radius 1 is 1.44 bits per heavy atom. The van der Waals surface area contributed by atoms with Crippen LogP contribution < -0.4 is 0 Å². The number of thiazole rings is 1. The van der Waals surface area contributed by atoms with E-state index in [1.54, 1.807) is 17.5 Å². The summed E-state index contributed by atoms with van der Waals surface area (Å²) in [4.78, 5) is 16.0. The molecule has 0 radical (unpaired) electrons. The van der Waals surface area contributed by atoms with Gasteiger partial charge in [0.2, 0.25) is 0 Å². The summed E-state index contributed by atoms with van der Waals surface area (Å²) in [7, 11) is 0. The van der Waals surface area contributed by atoms with Crippen molar-refractivity contribution in [3.63, 3.8) is 0 Å². The summed E-state index contributed by atoms with van der Waals surface area (Å²) in [5.74, 6) is 0.163. The number of aromatic nitrogens is 1. The van der Waals surface area contributed by atoms with Crippen molar-refractivity contribution in [1.29, 1.82) is 0 Å². The topological polar surface area (TPSA) is 30.0 Å². The largest absolute Gasteiger partial charge is 0.294 e. The molecule has 0 fully saturated rings. The molecule has 2 rings (SSSR count). The van der Waals surface area contributed by atoms with E-state index in [1.807, 2.05) is 29.6 Å². The fourth-order valence-electron chi connectivity index (χ4n) is 1.40. The van der Waals surface area contributed by atoms with Crippen LogP contribution in [0.15, 0.2) is 40.3 Å². The summed E-state index contributed by atoms with van der Waals surface area (Å²) in [6.45, 7) is 0. The third-order valence-electron chi connectivity index (χ3n) is 2.20. The fourth-order valence-corrected chi connectivity index (χ4v) is 2.42. The number of nitrogens with zero attached hydrogens (tertiary/aromatic N) is 1. The zero-order chi connectivity index (χ0) is 11.4. The van der Waals surface area contributed by atoms with Crippen LogP contribution in [0.3, 0.4) is 0 Å². The second-order valence-electron chi connectivity index (χ2n) is 3.36. The number of rotatable bonds is 4. The summed E-state index contributed by atoms with van der Waals surface area (Å²) in [5.41, 5.74) is 0.755. The van der Waals surface area contributed by atoms with E-state index in [2.05, 4.69) is 20.9 Å². The van der Waals surface area contributed by atoms with E-state index in [9.17, 15) is 4.79 Å². The third kappa shape index (κ3) is 3.00. The Morgan fingerprint density at radius 2 is 2.31 bits per heavy atom. The predicted octanol–water partition coefficient (Wildman–Crippen LogP) is 3.72. The summed E-state index contributed by atoms with van der Waals surface area (Å²) >= 11 is 4.95. The molecule has 2 nitrogen and oxygen atoms in total. The fraction of sp³-hybridized carbons (Fsp3) is 0.167. The zero-order valence-corrected chi connectivity index (χ0v) is 10.9. The number of benzene rings is 1. The number of aryl methyl sites for hydroxylation is 1. The van der Waals surface area contributed by atoms with Crippen LogP contribution in [0.25, 0.3) is 0 Å². The number of Topliss-reactive ketones (excluding diaryl/α,β-unsaturated/α-hetero) is 1. The van der Waals surface area contributed by atoms with Crippen molar-refractivity contribution in [2.45, 2.75) is 12.8 Å². The Bertz CT molecular complexity index is 482. The highest BCUT2D eigenvalue weighted by atomic mass is 79.9. The second kappa shape index (κ2) is 5.37. The summed E-state index contributed by atoms with van der Waals surface area (Å²) in [5, 5.41) is 2.95. The van der Waals surface area contributed by atoms with Gasteiger partial charge >= 0.3 is 0 Å². The average molecular weight is 296 g/mol. The molecule has 0 aliphatic heterocycles. The minimum Gasteiger partial charge on any atom is -0.294 e. The number of ketones is 1. The molecule has 1 aromatic heterocycles. The monoisotopic (exact) mass is 295 g/mol. The first-order valence-corrected chi connectivity index (χ1v) is 6.60. The smallest absolute Gasteiger partial charge is 0.163 e. The normalized spacial score (nSPS) is 10.3. The van der Waals surface area contributed by atoms with Gasteiger partial charge in [-0.15, -0.1) is 11.3 Å². The quantitative estimate of drug-likeness (QED) is 0.805. The highest BCUT2D eigenvalue weighted by Gasteiger charge is 2.07. The van der Waals surface area contributed by atoms with Gasteiger partial charge in [0.15, 0.2) is 5.78 Å². The molecule has 1 heterocycles. The average Bonchev–Trinajstić information content (AvgIpc) is 2.78. The first-order valence-electron chi connectivity index (χ1n) is 4.93. The van der Waals surface area contributed by atoms with Gasteiger partial charge < -0.3 is 0 Å². The van der Waals surface area contributed by atoms with E-state index in [0.717, 1.165) is 21.5 Å². The molecule has 4 heteroatoms. The van der Waals surface area contributed by atoms with Gasteiger partial charge in [-0.3, -0.25) is 4.79 Å². The van der Waals surface area contributed by atoms with Gasteiger partial charge in [0.25, 0.3) is 0 Å². The third-order valence-corrected chi connectivity index (χ3v) is 3.53. The van der Waals surface area contributed by atoms with E-state index < -0.39 is 0 Å². The van der Waals surface area contributed by atoms with Crippen molar-refractivity contribution in [2.75, 3.05) is 0 Å². The minimum atomic E-state index is 0.163. The molecule has 0 saturated heterocycles. The van der Waals surface area contributed by atoms with Crippen LogP contribution in [0.1, 0.15) is 21.8 Å². The molecule has 2 aromatic rings. The van der Waals surface area contributed by atoms with Gasteiger partial charge in [0, 0.05) is 34.5 Å². The van der Waals surface area contributed by atoms with E-state index in [-0.39, 0.29) is 5.78 Å². The van der Waals surface area contributed by atoms with E-state index in [4.69, 9.17) is 0 Å². The van der Waals surface area contributed by atoms with Gasteiger partial charge in [0.1, 0.15) is 0 Å². The zero-order valence-electron chi connectivity index (χ0n) is 8.52. The second-order valence-corrected chi connectivity index (χ2v) is 5.25. The number of carbonyl (C=O) groups excluding carboxylic acids is 1. The maximum absolute atomic E-state index is 11.8. The highest BCUT2D eigenvalue weighted by molar-refractivity contribution is 9.10. The van der Waals surface area contributed by atoms with Crippen LogP contribution >= 0.6 is 27.3 Å². The van der Waals surface area contributed by atoms with Crippen molar-refractivity contribution in [1.82, 2.24) is 4.98 Å². The minimum absolute atomic E-state index is 0.163. The first-order chi connectivity index (χ1) is 7.75. The molecule has 0 atom stereocenters. The molecule has 0 saturated carbocycles. The Balaban J connectivity index is 1.98. The van der Waals surface area contributed by atoms with E-state index in [0.29, 0.717) is 6.42 Å². The molecule has 1 aromatic carbocycles. The standard InChI is InChI=1S/C12H10BrNOS/c13-10-3-1-2-9(8-10)11(15)4-5-12-14-6-7-16-12/h1-3,6-8H,4-5H2. The van der Waals surface area contributed by atoms with Crippen LogP contribution in [0.4, 0.5) is 0 Å². The van der Waals surface area contributed by atoms with Gasteiger partial charge in [-0.2, -0.15) is 0 Å². The number of hydrogen-bond donors (Lipinski definition) is 0. The lowest BCUT2D eigenvalue weighted by Gasteiger charge is -2.00. The van der Waals surface area contributed by atoms with Crippen molar-refractivity contribution in [2.24, 2.45) is 0 Å². The molecule has 0 unspecified atom stereocenters. The molecule has 0 aliphatic rings. The lowest BCUT2D eigenvalue weighted by atomic mass is 10.1. The lowest BCUT2D eigenvalue weighted by molar-refractivity contribution is 0.0983. The maximum atomic E-state index is 11.8. The van der Waals surface area contributed by atoms with Crippen LogP contribution in [-0.2, 0) is 6.42 Å². The Labute approximate surface area is 106 Å². The summed E-state index contributed by atoms with van der Waals surface area (Å²) in [6.07, 6.45) is 3.01. The SMILES string of the molecule is O=C(CCc1nccs1)c1cccc(Br)c1. The molecular weight excluding hydrogens is 286 g/mol. The number of carbonyl (C=O) groups is 1. The Kier molecular flexibility index (Phi) is 3.85.